The molecule has 1 aliphatic rings. The summed E-state index contributed by atoms with van der Waals surface area (Å²) in [5, 5.41) is 15.2. The van der Waals surface area contributed by atoms with E-state index in [0.717, 1.165) is 23.3 Å². The Morgan fingerprint density at radius 3 is 2.72 bits per heavy atom. The average Bonchev–Trinajstić information content (AvgIpc) is 2.66. The minimum atomic E-state index is -0.200. The molecule has 25 heavy (non-hydrogen) atoms. The fourth-order valence-electron chi connectivity index (χ4n) is 3.15. The fraction of sp³-hybridized carbons (Fsp3) is 0.350. The van der Waals surface area contributed by atoms with Gasteiger partial charge in [0.25, 0.3) is 0 Å². The summed E-state index contributed by atoms with van der Waals surface area (Å²) in [6.07, 6.45) is 2.08. The van der Waals surface area contributed by atoms with Gasteiger partial charge in [0.15, 0.2) is 0 Å². The molecule has 132 valence electrons. The number of amides is 2. The molecule has 1 aliphatic heterocycles. The molecule has 0 saturated heterocycles. The lowest BCUT2D eigenvalue weighted by Gasteiger charge is -2.28. The van der Waals surface area contributed by atoms with Crippen molar-refractivity contribution >= 4 is 6.03 Å². The van der Waals surface area contributed by atoms with Gasteiger partial charge in [0.05, 0.1) is 18.7 Å². The highest BCUT2D eigenvalue weighted by atomic mass is 16.5. The molecular weight excluding hydrogens is 316 g/mol. The van der Waals surface area contributed by atoms with E-state index in [1.54, 1.807) is 0 Å². The quantitative estimate of drug-likeness (QED) is 0.755. The number of urea groups is 1. The minimum Gasteiger partial charge on any atom is -0.493 e. The summed E-state index contributed by atoms with van der Waals surface area (Å²) in [5.74, 6) is 0.832. The zero-order chi connectivity index (χ0) is 17.5. The molecule has 0 bridgehead atoms. The van der Waals surface area contributed by atoms with Gasteiger partial charge in [-0.05, 0) is 24.5 Å². The number of ether oxygens (including phenoxy) is 1. The molecule has 0 spiro atoms. The third-order valence-electron chi connectivity index (χ3n) is 4.42. The van der Waals surface area contributed by atoms with Crippen LogP contribution in [0.1, 0.15) is 42.5 Å². The molecule has 1 heterocycles. The number of aliphatic hydroxyl groups is 1. The molecule has 0 saturated carbocycles. The summed E-state index contributed by atoms with van der Waals surface area (Å²) in [7, 11) is 0. The van der Waals surface area contributed by atoms with E-state index in [2.05, 4.69) is 10.6 Å². The highest BCUT2D eigenvalue weighted by molar-refractivity contribution is 5.75. The van der Waals surface area contributed by atoms with Crippen molar-refractivity contribution in [2.75, 3.05) is 13.2 Å². The maximum atomic E-state index is 12.5. The highest BCUT2D eigenvalue weighted by Crippen LogP contribution is 2.31. The summed E-state index contributed by atoms with van der Waals surface area (Å²) in [6.45, 7) is 0.703. The van der Waals surface area contributed by atoms with Gasteiger partial charge in [-0.3, -0.25) is 0 Å². The standard InChI is InChI=1S/C20H24N2O3/c23-13-6-10-17(15-7-2-1-3-8-15)21-20(24)22-18-12-14-25-19-11-5-4-9-16(18)19/h1-5,7-9,11,17-18,23H,6,10,12-14H2,(H2,21,22,24). The van der Waals surface area contributed by atoms with E-state index >= 15 is 0 Å². The van der Waals surface area contributed by atoms with Crippen LogP contribution in [0.25, 0.3) is 0 Å². The molecule has 2 aromatic rings. The Bertz CT molecular complexity index is 690. The van der Waals surface area contributed by atoms with Crippen molar-refractivity contribution < 1.29 is 14.6 Å². The van der Waals surface area contributed by atoms with Crippen LogP contribution in [0, 0.1) is 0 Å². The van der Waals surface area contributed by atoms with Gasteiger partial charge >= 0.3 is 6.03 Å². The van der Waals surface area contributed by atoms with Crippen molar-refractivity contribution in [1.29, 1.82) is 0 Å². The Morgan fingerprint density at radius 2 is 1.92 bits per heavy atom. The molecule has 3 N–H and O–H groups in total. The number of aliphatic hydroxyl groups excluding tert-OH is 1. The second-order valence-corrected chi connectivity index (χ2v) is 6.17. The van der Waals surface area contributed by atoms with Gasteiger partial charge in [-0.25, -0.2) is 4.79 Å². The van der Waals surface area contributed by atoms with Crippen molar-refractivity contribution in [2.45, 2.75) is 31.3 Å². The Labute approximate surface area is 148 Å². The van der Waals surface area contributed by atoms with Crippen molar-refractivity contribution in [3.05, 3.63) is 65.7 Å². The number of hydrogen-bond donors (Lipinski definition) is 3. The number of nitrogens with one attached hydrogen (secondary N) is 2. The first-order valence-corrected chi connectivity index (χ1v) is 8.72. The van der Waals surface area contributed by atoms with E-state index in [0.29, 0.717) is 19.4 Å². The first-order chi connectivity index (χ1) is 12.3. The maximum Gasteiger partial charge on any atom is 0.315 e. The molecule has 2 amide bonds. The molecule has 2 atom stereocenters. The number of hydrogen-bond acceptors (Lipinski definition) is 3. The van der Waals surface area contributed by atoms with Crippen molar-refractivity contribution in [1.82, 2.24) is 10.6 Å². The number of fused-ring (bicyclic) bond motifs is 1. The zero-order valence-electron chi connectivity index (χ0n) is 14.2. The van der Waals surface area contributed by atoms with E-state index < -0.39 is 0 Å². The Kier molecular flexibility index (Phi) is 5.90. The first kappa shape index (κ1) is 17.3. The minimum absolute atomic E-state index is 0.0563. The smallest absolute Gasteiger partial charge is 0.315 e. The summed E-state index contributed by atoms with van der Waals surface area (Å²) >= 11 is 0. The van der Waals surface area contributed by atoms with E-state index in [4.69, 9.17) is 9.84 Å². The number of carbonyl (C=O) groups is 1. The third kappa shape index (κ3) is 4.51. The van der Waals surface area contributed by atoms with Crippen molar-refractivity contribution in [3.8, 4) is 5.75 Å². The lowest BCUT2D eigenvalue weighted by Crippen LogP contribution is -2.41. The zero-order valence-corrected chi connectivity index (χ0v) is 14.2. The Morgan fingerprint density at radius 1 is 1.16 bits per heavy atom. The lowest BCUT2D eigenvalue weighted by molar-refractivity contribution is 0.218. The van der Waals surface area contributed by atoms with Crippen molar-refractivity contribution in [3.63, 3.8) is 0 Å². The predicted octanol–water partition coefficient (Wildman–Crippen LogP) is 3.32. The van der Waals surface area contributed by atoms with Crippen LogP contribution in [0.15, 0.2) is 54.6 Å². The van der Waals surface area contributed by atoms with E-state index in [-0.39, 0.29) is 24.7 Å². The molecular formula is C20H24N2O3. The molecule has 0 aromatic heterocycles. The topological polar surface area (TPSA) is 70.6 Å². The van der Waals surface area contributed by atoms with Gasteiger partial charge in [0, 0.05) is 18.6 Å². The van der Waals surface area contributed by atoms with E-state index in [1.165, 1.54) is 0 Å². The first-order valence-electron chi connectivity index (χ1n) is 8.72. The summed E-state index contributed by atoms with van der Waals surface area (Å²) in [6, 6.07) is 17.3. The van der Waals surface area contributed by atoms with Crippen LogP contribution < -0.4 is 15.4 Å². The van der Waals surface area contributed by atoms with Gasteiger partial charge in [0.1, 0.15) is 5.75 Å². The van der Waals surface area contributed by atoms with Crippen LogP contribution in [0.2, 0.25) is 0 Å². The SMILES string of the molecule is O=C(NC(CCCO)c1ccccc1)NC1CCOc2ccccc21. The van der Waals surface area contributed by atoms with Crippen LogP contribution in [-0.2, 0) is 0 Å². The van der Waals surface area contributed by atoms with Gasteiger partial charge in [-0.2, -0.15) is 0 Å². The molecule has 5 heteroatoms. The molecule has 2 unspecified atom stereocenters. The maximum absolute atomic E-state index is 12.5. The van der Waals surface area contributed by atoms with Crippen LogP contribution in [0.4, 0.5) is 4.79 Å². The third-order valence-corrected chi connectivity index (χ3v) is 4.42. The highest BCUT2D eigenvalue weighted by Gasteiger charge is 2.23. The number of para-hydroxylation sites is 1. The summed E-state index contributed by atoms with van der Waals surface area (Å²) in [4.78, 5) is 12.5. The molecule has 3 rings (SSSR count). The normalized spacial score (nSPS) is 17.1. The molecule has 2 aromatic carbocycles. The summed E-state index contributed by atoms with van der Waals surface area (Å²) in [5.41, 5.74) is 2.05. The van der Waals surface area contributed by atoms with Gasteiger partial charge in [-0.15, -0.1) is 0 Å². The monoisotopic (exact) mass is 340 g/mol. The van der Waals surface area contributed by atoms with Gasteiger partial charge < -0.3 is 20.5 Å². The number of rotatable bonds is 6. The Balaban J connectivity index is 1.66. The second kappa shape index (κ2) is 8.53. The fourth-order valence-corrected chi connectivity index (χ4v) is 3.15. The second-order valence-electron chi connectivity index (χ2n) is 6.17. The average molecular weight is 340 g/mol. The number of benzene rings is 2. The largest absolute Gasteiger partial charge is 0.493 e. The van der Waals surface area contributed by atoms with Crippen LogP contribution in [0.5, 0.6) is 5.75 Å². The molecule has 0 radical (unpaired) electrons. The molecule has 5 nitrogen and oxygen atoms in total. The van der Waals surface area contributed by atoms with Crippen molar-refractivity contribution in [2.24, 2.45) is 0 Å². The van der Waals surface area contributed by atoms with Gasteiger partial charge in [0.2, 0.25) is 0 Å². The Hall–Kier alpha value is -2.53. The van der Waals surface area contributed by atoms with Crippen LogP contribution in [-0.4, -0.2) is 24.4 Å². The van der Waals surface area contributed by atoms with Crippen LogP contribution >= 0.6 is 0 Å². The van der Waals surface area contributed by atoms with Gasteiger partial charge in [-0.1, -0.05) is 48.5 Å². The summed E-state index contributed by atoms with van der Waals surface area (Å²) < 4.78 is 5.64. The lowest BCUT2D eigenvalue weighted by atomic mass is 10.0. The van der Waals surface area contributed by atoms with E-state index in [1.807, 2.05) is 54.6 Å². The number of carbonyl (C=O) groups excluding carboxylic acids is 1. The molecule has 0 aliphatic carbocycles. The van der Waals surface area contributed by atoms with E-state index in [9.17, 15) is 4.79 Å². The predicted molar refractivity (Wildman–Crippen MR) is 96.5 cm³/mol. The van der Waals surface area contributed by atoms with Crippen LogP contribution in [0.3, 0.4) is 0 Å². The molecule has 0 fully saturated rings.